The molecule has 17 heavy (non-hydrogen) atoms. The lowest BCUT2D eigenvalue weighted by atomic mass is 10.1. The lowest BCUT2D eigenvalue weighted by molar-refractivity contribution is 0.101. The zero-order valence-corrected chi connectivity index (χ0v) is 9.80. The van der Waals surface area contributed by atoms with Crippen LogP contribution < -0.4 is 5.32 Å². The van der Waals surface area contributed by atoms with E-state index < -0.39 is 6.09 Å². The largest absolute Gasteiger partial charge is 0.450 e. The molecule has 94 valence electrons. The molecular weight excluding hydrogens is 242 g/mol. The van der Waals surface area contributed by atoms with Gasteiger partial charge in [-0.3, -0.25) is 10.1 Å². The van der Waals surface area contributed by atoms with Crippen LogP contribution in [0.15, 0.2) is 18.2 Å². The Labute approximate surface area is 106 Å². The van der Waals surface area contributed by atoms with Gasteiger partial charge in [-0.25, -0.2) is 4.79 Å². The van der Waals surface area contributed by atoms with Crippen molar-refractivity contribution in [2.24, 2.45) is 0 Å². The van der Waals surface area contributed by atoms with Crippen LogP contribution in [0.5, 0.6) is 0 Å². The number of hydrogen-bond donors (Lipinski definition) is 1. The number of carbonyl (C=O) groups excluding carboxylic acids is 2. The Morgan fingerprint density at radius 3 is 2.53 bits per heavy atom. The smallest absolute Gasteiger partial charge is 0.411 e. The second-order valence-corrected chi connectivity index (χ2v) is 3.50. The van der Waals surface area contributed by atoms with E-state index in [0.717, 1.165) is 0 Å². The van der Waals surface area contributed by atoms with E-state index in [-0.39, 0.29) is 13.2 Å². The Morgan fingerprint density at radius 2 is 2.06 bits per heavy atom. The molecule has 0 spiro atoms. The van der Waals surface area contributed by atoms with E-state index in [2.05, 4.69) is 5.32 Å². The van der Waals surface area contributed by atoms with Gasteiger partial charge in [0.15, 0.2) is 5.78 Å². The van der Waals surface area contributed by atoms with E-state index in [9.17, 15) is 9.59 Å². The Balaban J connectivity index is 0.00000256. The molecule has 0 heterocycles. The van der Waals surface area contributed by atoms with Crippen LogP contribution >= 0.6 is 11.6 Å². The highest BCUT2D eigenvalue weighted by atomic mass is 35.5. The van der Waals surface area contributed by atoms with Crippen LogP contribution in [0.3, 0.4) is 0 Å². The van der Waals surface area contributed by atoms with Crippen LogP contribution in [0, 0.1) is 0 Å². The fourth-order valence-corrected chi connectivity index (χ4v) is 1.48. The molecule has 0 fully saturated rings. The number of hydrogen-bond acceptors (Lipinski definition) is 3. The number of carbonyl (C=O) groups is 2. The first-order valence-electron chi connectivity index (χ1n) is 4.79. The molecule has 0 aliphatic carbocycles. The molecule has 0 radical (unpaired) electrons. The van der Waals surface area contributed by atoms with Crippen molar-refractivity contribution in [1.82, 2.24) is 0 Å². The number of amides is 1. The highest BCUT2D eigenvalue weighted by Crippen LogP contribution is 2.21. The van der Waals surface area contributed by atoms with Crippen LogP contribution in [-0.2, 0) is 4.74 Å². The molecule has 1 N–H and O–H groups in total. The average molecular weight is 258 g/mol. The number of nitrogens with one attached hydrogen (secondary N) is 1. The number of ketones is 1. The van der Waals surface area contributed by atoms with Crippen molar-refractivity contribution in [2.75, 3.05) is 11.9 Å². The van der Waals surface area contributed by atoms with Crippen molar-refractivity contribution in [2.45, 2.75) is 21.3 Å². The number of Topliss-reactive ketones (excluding diaryl/α,β-unsaturated/α-hetero) is 1. The summed E-state index contributed by atoms with van der Waals surface area (Å²) in [5.41, 5.74) is 0.921. The predicted octanol–water partition coefficient (Wildman–Crippen LogP) is 3.75. The Morgan fingerprint density at radius 1 is 1.41 bits per heavy atom. The molecule has 0 aliphatic heterocycles. The molecule has 5 heteroatoms. The highest BCUT2D eigenvalue weighted by Gasteiger charge is 2.08. The van der Waals surface area contributed by atoms with Gasteiger partial charge in [0.1, 0.15) is 0 Å². The third kappa shape index (κ3) is 4.44. The van der Waals surface area contributed by atoms with E-state index >= 15 is 0 Å². The third-order valence-electron chi connectivity index (χ3n) is 1.87. The van der Waals surface area contributed by atoms with Gasteiger partial charge in [0.05, 0.1) is 11.6 Å². The van der Waals surface area contributed by atoms with Crippen molar-refractivity contribution in [3.05, 3.63) is 28.8 Å². The Kier molecular flexibility index (Phi) is 6.28. The molecule has 0 bridgehead atoms. The fraction of sp³-hybridized carbons (Fsp3) is 0.333. The average Bonchev–Trinajstić information content (AvgIpc) is 2.17. The van der Waals surface area contributed by atoms with Gasteiger partial charge in [0.25, 0.3) is 0 Å². The third-order valence-corrected chi connectivity index (χ3v) is 2.18. The second-order valence-electron chi connectivity index (χ2n) is 3.10. The number of benzene rings is 1. The summed E-state index contributed by atoms with van der Waals surface area (Å²) in [6, 6.07) is 4.67. The van der Waals surface area contributed by atoms with E-state index in [1.807, 2.05) is 0 Å². The quantitative estimate of drug-likeness (QED) is 0.839. The molecule has 1 aromatic rings. The van der Waals surface area contributed by atoms with Crippen LogP contribution in [-0.4, -0.2) is 18.5 Å². The predicted molar refractivity (Wildman–Crippen MR) is 68.8 cm³/mol. The van der Waals surface area contributed by atoms with Gasteiger partial charge in [-0.2, -0.15) is 0 Å². The minimum atomic E-state index is -0.547. The minimum absolute atomic E-state index is 0. The monoisotopic (exact) mass is 257 g/mol. The summed E-state index contributed by atoms with van der Waals surface area (Å²) in [4.78, 5) is 22.2. The van der Waals surface area contributed by atoms with Gasteiger partial charge in [-0.1, -0.05) is 19.0 Å². The van der Waals surface area contributed by atoms with Crippen molar-refractivity contribution >= 4 is 29.2 Å². The van der Waals surface area contributed by atoms with Crippen molar-refractivity contribution < 1.29 is 14.3 Å². The number of rotatable bonds is 3. The lowest BCUT2D eigenvalue weighted by Crippen LogP contribution is -2.13. The van der Waals surface area contributed by atoms with Crippen LogP contribution in [0.4, 0.5) is 10.5 Å². The summed E-state index contributed by atoms with van der Waals surface area (Å²) in [6.45, 7) is 3.44. The molecule has 1 aromatic carbocycles. The Bertz CT molecular complexity index is 418. The summed E-state index contributed by atoms with van der Waals surface area (Å²) in [6.07, 6.45) is -0.547. The zero-order valence-electron chi connectivity index (χ0n) is 9.04. The fourth-order valence-electron chi connectivity index (χ4n) is 1.16. The molecule has 1 amide bonds. The topological polar surface area (TPSA) is 55.4 Å². The first-order valence-corrected chi connectivity index (χ1v) is 5.16. The van der Waals surface area contributed by atoms with Crippen LogP contribution in [0.2, 0.25) is 5.02 Å². The number of halogens is 1. The molecule has 4 nitrogen and oxygen atoms in total. The van der Waals surface area contributed by atoms with E-state index in [1.165, 1.54) is 13.0 Å². The number of anilines is 1. The standard InChI is InChI=1S/C11H12ClNO3.CH4/c1-3-16-11(15)13-8-4-5-9(7(2)14)10(12)6-8;/h4-6H,3H2,1-2H3,(H,13,15);1H4. The van der Waals surface area contributed by atoms with Crippen LogP contribution in [0.25, 0.3) is 0 Å². The Hall–Kier alpha value is -1.55. The molecule has 1 rings (SSSR count). The first kappa shape index (κ1) is 15.4. The molecule has 0 saturated heterocycles. The minimum Gasteiger partial charge on any atom is -0.450 e. The SMILES string of the molecule is C.CCOC(=O)Nc1ccc(C(C)=O)c(Cl)c1. The van der Waals surface area contributed by atoms with Crippen molar-refractivity contribution in [1.29, 1.82) is 0 Å². The highest BCUT2D eigenvalue weighted by molar-refractivity contribution is 6.34. The lowest BCUT2D eigenvalue weighted by Gasteiger charge is -2.06. The molecule has 0 atom stereocenters. The van der Waals surface area contributed by atoms with Gasteiger partial charge < -0.3 is 4.74 Å². The molecule has 0 aliphatic rings. The summed E-state index contributed by atoms with van der Waals surface area (Å²) in [7, 11) is 0. The van der Waals surface area contributed by atoms with Gasteiger partial charge >= 0.3 is 6.09 Å². The van der Waals surface area contributed by atoms with Crippen molar-refractivity contribution in [3.63, 3.8) is 0 Å². The summed E-state index contributed by atoms with van der Waals surface area (Å²) >= 11 is 5.87. The summed E-state index contributed by atoms with van der Waals surface area (Å²) < 4.78 is 4.70. The van der Waals surface area contributed by atoms with E-state index in [1.54, 1.807) is 19.1 Å². The molecule has 0 unspecified atom stereocenters. The number of ether oxygens (including phenoxy) is 1. The first-order chi connectivity index (χ1) is 7.54. The van der Waals surface area contributed by atoms with Crippen LogP contribution in [0.1, 0.15) is 31.6 Å². The van der Waals surface area contributed by atoms with E-state index in [4.69, 9.17) is 16.3 Å². The van der Waals surface area contributed by atoms with Gasteiger partial charge in [-0.05, 0) is 32.0 Å². The van der Waals surface area contributed by atoms with E-state index in [0.29, 0.717) is 22.9 Å². The molecule has 0 aromatic heterocycles. The maximum absolute atomic E-state index is 11.1. The summed E-state index contributed by atoms with van der Waals surface area (Å²) in [5.74, 6) is -0.118. The summed E-state index contributed by atoms with van der Waals surface area (Å²) in [5, 5.41) is 2.80. The zero-order chi connectivity index (χ0) is 12.1. The normalized spacial score (nSPS) is 9.12. The maximum Gasteiger partial charge on any atom is 0.411 e. The maximum atomic E-state index is 11.1. The van der Waals surface area contributed by atoms with Crippen molar-refractivity contribution in [3.8, 4) is 0 Å². The second kappa shape index (κ2) is 6.91. The van der Waals surface area contributed by atoms with Gasteiger partial charge in [0, 0.05) is 11.3 Å². The van der Waals surface area contributed by atoms with Gasteiger partial charge in [-0.15, -0.1) is 0 Å². The van der Waals surface area contributed by atoms with Gasteiger partial charge in [0.2, 0.25) is 0 Å². The molecular formula is C12H16ClNO3. The molecule has 0 saturated carbocycles.